The minimum atomic E-state index is 0.386. The smallest absolute Gasteiger partial charge is 0.205 e. The van der Waals surface area contributed by atoms with E-state index < -0.39 is 0 Å². The van der Waals surface area contributed by atoms with Crippen LogP contribution in [-0.4, -0.2) is 18.7 Å². The third-order valence-electron chi connectivity index (χ3n) is 20.6. The Morgan fingerprint density at radius 2 is 0.745 bits per heavy atom. The minimum absolute atomic E-state index is 0.386. The standard InChI is InChI=1S/2C22H11N4O.2C22H13N4/c1-24-18-6-7-19-17(16(18)10-23)12-25-11-13-8-15-14-4-2-3-5-21(14)27-22(15)9-20(13)26(19)25;1-24-18-8-9-19-17(16(18)10-23)12-25-11-13-6-7-15-14-4-2-3-5-20(14)27-22(15)21(13)26(19)25;1-24-20-10-11-21-19(18(20)12-23)14-25-13-16-8-5-9-17(22(16)26(21)25)15-6-3-2-4-7-15;1-24-20-8-10-22-19(18(20)12-23)14-25-13-17-11-16(7-9-21(17)26(22)25)15-5-3-2-4-6-15/h2*2-9,12H,11H2;2*2-11,14H,13H2/q4*+1. The lowest BCUT2D eigenvalue weighted by atomic mass is 10.00. The van der Waals surface area contributed by atoms with Gasteiger partial charge in [0.1, 0.15) is 55.9 Å². The van der Waals surface area contributed by atoms with Crippen LogP contribution in [0.3, 0.4) is 0 Å². The van der Waals surface area contributed by atoms with E-state index in [0.717, 1.165) is 135 Å². The largest absolute Gasteiger partial charge is 0.456 e. The van der Waals surface area contributed by atoms with Crippen molar-refractivity contribution in [3.8, 4) is 69.3 Å². The summed E-state index contributed by atoms with van der Waals surface area (Å²) in [6.07, 6.45) is 7.88. The Bertz CT molecular complexity index is 7330. The molecule has 0 N–H and O–H groups in total. The average molecular weight is 1360 g/mol. The number of para-hydroxylation sites is 3. The fourth-order valence-electron chi connectivity index (χ4n) is 15.9. The summed E-state index contributed by atoms with van der Waals surface area (Å²) >= 11 is 0. The maximum Gasteiger partial charge on any atom is 0.205 e. The summed E-state index contributed by atoms with van der Waals surface area (Å²) in [4.78, 5) is 13.9. The van der Waals surface area contributed by atoms with Gasteiger partial charge in [-0.25, -0.2) is 19.4 Å². The Morgan fingerprint density at radius 3 is 1.27 bits per heavy atom. The van der Waals surface area contributed by atoms with Crippen LogP contribution in [0.2, 0.25) is 0 Å². The molecule has 0 atom stereocenters. The normalized spacial score (nSPS) is 11.9. The molecule has 0 saturated carbocycles. The van der Waals surface area contributed by atoms with Crippen LogP contribution < -0.4 is 18.7 Å². The zero-order valence-electron chi connectivity index (χ0n) is 55.9. The molecule has 10 heterocycles. The molecule has 18 heteroatoms. The fourth-order valence-corrected chi connectivity index (χ4v) is 15.9. The lowest BCUT2D eigenvalue weighted by Gasteiger charge is -2.07. The van der Waals surface area contributed by atoms with Gasteiger partial charge in [0.25, 0.3) is 0 Å². The van der Waals surface area contributed by atoms with Crippen molar-refractivity contribution in [2.75, 3.05) is 0 Å². The quantitative estimate of drug-likeness (QED) is 0.123. The summed E-state index contributed by atoms with van der Waals surface area (Å²) in [5.74, 6) is 0. The van der Waals surface area contributed by atoms with E-state index in [1.165, 1.54) is 38.9 Å². The first-order valence-electron chi connectivity index (χ1n) is 33.9. The molecule has 0 unspecified atom stereocenters. The van der Waals surface area contributed by atoms with Gasteiger partial charge in [-0.05, 0) is 83.4 Å². The van der Waals surface area contributed by atoms with Crippen LogP contribution in [0.5, 0.6) is 0 Å². The Labute approximate surface area is 603 Å². The molecule has 0 spiro atoms. The highest BCUT2D eigenvalue weighted by Gasteiger charge is 2.37. The van der Waals surface area contributed by atoms with Crippen molar-refractivity contribution in [1.82, 2.24) is 18.7 Å². The minimum Gasteiger partial charge on any atom is -0.456 e. The number of nitriles is 4. The number of hydrogen-bond donors (Lipinski definition) is 0. The van der Waals surface area contributed by atoms with Gasteiger partial charge >= 0.3 is 0 Å². The van der Waals surface area contributed by atoms with Gasteiger partial charge in [0.15, 0.2) is 37.4 Å². The van der Waals surface area contributed by atoms with Gasteiger partial charge in [0.05, 0.1) is 99.9 Å². The Morgan fingerprint density at radius 1 is 0.311 bits per heavy atom. The molecule has 6 aromatic heterocycles. The molecule has 106 heavy (non-hydrogen) atoms. The van der Waals surface area contributed by atoms with E-state index in [1.54, 1.807) is 24.3 Å². The van der Waals surface area contributed by atoms with Gasteiger partial charge in [-0.3, -0.25) is 0 Å². The summed E-state index contributed by atoms with van der Waals surface area (Å²) in [7, 11) is 0. The van der Waals surface area contributed by atoms with Crippen LogP contribution >= 0.6 is 0 Å². The maximum absolute atomic E-state index is 9.57. The van der Waals surface area contributed by atoms with Crippen molar-refractivity contribution in [3.63, 3.8) is 0 Å². The monoisotopic (exact) mass is 1360 g/mol. The second-order valence-electron chi connectivity index (χ2n) is 26.1. The summed E-state index contributed by atoms with van der Waals surface area (Å²) in [5.41, 5.74) is 24.5. The number of benzene rings is 12. The van der Waals surface area contributed by atoms with Gasteiger partial charge in [-0.15, -0.1) is 37.5 Å². The molecule has 488 valence electrons. The van der Waals surface area contributed by atoms with E-state index >= 15 is 0 Å². The van der Waals surface area contributed by atoms with E-state index in [0.29, 0.717) is 51.5 Å². The molecule has 0 bridgehead atoms. The molecule has 18 nitrogen and oxygen atoms in total. The molecule has 12 aromatic carbocycles. The lowest BCUT2D eigenvalue weighted by Crippen LogP contribution is -2.36. The van der Waals surface area contributed by atoms with Crippen LogP contribution in [0.4, 0.5) is 22.7 Å². The molecule has 0 radical (unpaired) electrons. The van der Waals surface area contributed by atoms with E-state index in [4.69, 9.17) is 35.1 Å². The highest BCUT2D eigenvalue weighted by molar-refractivity contribution is 6.09. The third kappa shape index (κ3) is 9.15. The van der Waals surface area contributed by atoms with Crippen molar-refractivity contribution < 1.29 is 27.6 Å². The second-order valence-corrected chi connectivity index (χ2v) is 26.1. The van der Waals surface area contributed by atoms with Crippen LogP contribution in [0, 0.1) is 71.6 Å². The Balaban J connectivity index is 0.0000000967. The number of aromatic nitrogens is 8. The number of hydrogen-bond acceptors (Lipinski definition) is 6. The zero-order valence-corrected chi connectivity index (χ0v) is 55.9. The Kier molecular flexibility index (Phi) is 13.8. The van der Waals surface area contributed by atoms with Gasteiger partial charge in [0, 0.05) is 49.9 Å². The topological polar surface area (TPSA) is 174 Å². The molecule has 4 aliphatic heterocycles. The predicted octanol–water partition coefficient (Wildman–Crippen LogP) is 17.9. The SMILES string of the molecule is [C-]#[N+]c1ccc2c(c[n+]3n2-c2c(ccc4c2oc2ccccc24)C3)c1C#N.[C-]#[N+]c1ccc2c(c[n+]3n2-c2c(cccc2-c2ccccc2)C3)c1C#N.[C-]#[N+]c1ccc2c(c[n+]3n2-c2cc4oc5ccccc5c4cc2C3)c1C#N.[C-]#[N+]c1ccc2c(c[n+]3n2-c2ccc(-c4ccccc4)cc2C3)c1C#N. The molecule has 0 fully saturated rings. The van der Waals surface area contributed by atoms with Crippen LogP contribution in [-0.2, 0) is 26.2 Å². The maximum atomic E-state index is 9.57. The third-order valence-corrected chi connectivity index (χ3v) is 20.6. The lowest BCUT2D eigenvalue weighted by molar-refractivity contribution is -0.749. The van der Waals surface area contributed by atoms with Gasteiger partial charge in [-0.2, -0.15) is 21.0 Å². The first kappa shape index (κ1) is 61.2. The van der Waals surface area contributed by atoms with Crippen molar-refractivity contribution in [2.45, 2.75) is 26.2 Å². The zero-order chi connectivity index (χ0) is 71.6. The van der Waals surface area contributed by atoms with E-state index in [-0.39, 0.29) is 0 Å². The first-order chi connectivity index (χ1) is 52.2. The molecule has 0 saturated heterocycles. The number of fused-ring (bicyclic) bond motifs is 27. The summed E-state index contributed by atoms with van der Waals surface area (Å²) in [6, 6.07) is 81.6. The van der Waals surface area contributed by atoms with Gasteiger partial charge in [0.2, 0.25) is 47.5 Å². The number of rotatable bonds is 2. The predicted molar refractivity (Wildman–Crippen MR) is 400 cm³/mol. The van der Waals surface area contributed by atoms with Crippen LogP contribution in [0.1, 0.15) is 44.5 Å². The van der Waals surface area contributed by atoms with E-state index in [9.17, 15) is 21.0 Å². The van der Waals surface area contributed by atoms with Crippen molar-refractivity contribution >= 4 is 110 Å². The van der Waals surface area contributed by atoms with Crippen molar-refractivity contribution in [3.05, 3.63) is 333 Å². The van der Waals surface area contributed by atoms with Crippen molar-refractivity contribution in [2.24, 2.45) is 0 Å². The number of nitrogens with zero attached hydrogens (tertiary/aromatic N) is 16. The average Bonchev–Trinajstić information content (AvgIpc) is 1.56. The van der Waals surface area contributed by atoms with Gasteiger partial charge in [-0.1, -0.05) is 146 Å². The molecular weight excluding hydrogens is 1310 g/mol. The molecular formula is C88H48N16O2+4. The number of furan rings is 2. The summed E-state index contributed by atoms with van der Waals surface area (Å²) in [5, 5.41) is 45.8. The fraction of sp³-hybridized carbons (Fsp3) is 0.0455. The highest BCUT2D eigenvalue weighted by atomic mass is 16.3. The molecule has 4 aliphatic rings. The molecule has 18 aromatic rings. The van der Waals surface area contributed by atoms with Crippen LogP contribution in [0.15, 0.2) is 252 Å². The Hall–Kier alpha value is -16.0. The highest BCUT2D eigenvalue weighted by Crippen LogP contribution is 2.42. The second kappa shape index (κ2) is 23.9. The summed E-state index contributed by atoms with van der Waals surface area (Å²) < 4.78 is 29.2. The van der Waals surface area contributed by atoms with E-state index in [1.807, 2.05) is 122 Å². The molecule has 0 aliphatic carbocycles. The van der Waals surface area contributed by atoms with Crippen LogP contribution in [0.25, 0.3) is 152 Å². The summed E-state index contributed by atoms with van der Waals surface area (Å²) in [6.45, 7) is 32.1. The van der Waals surface area contributed by atoms with Crippen molar-refractivity contribution in [1.29, 1.82) is 21.0 Å². The van der Waals surface area contributed by atoms with E-state index in [2.05, 4.69) is 178 Å². The van der Waals surface area contributed by atoms with Gasteiger partial charge < -0.3 is 8.83 Å². The first-order valence-corrected chi connectivity index (χ1v) is 33.9. The molecule has 0 amide bonds. The molecule has 22 rings (SSSR count).